The summed E-state index contributed by atoms with van der Waals surface area (Å²) in [6.45, 7) is 8.21. The van der Waals surface area contributed by atoms with E-state index in [1.54, 1.807) is 0 Å². The van der Waals surface area contributed by atoms with Crippen molar-refractivity contribution in [3.05, 3.63) is 29.8 Å². The Labute approximate surface area is 110 Å². The van der Waals surface area contributed by atoms with Crippen molar-refractivity contribution < 1.29 is 4.84 Å². The van der Waals surface area contributed by atoms with E-state index in [0.29, 0.717) is 5.92 Å². The average Bonchev–Trinajstić information content (AvgIpc) is 2.88. The number of para-hydroxylation sites is 1. The van der Waals surface area contributed by atoms with E-state index < -0.39 is 0 Å². The highest BCUT2D eigenvalue weighted by Gasteiger charge is 2.14. The fraction of sp³-hybridized carbons (Fsp3) is 0.600. The van der Waals surface area contributed by atoms with Crippen LogP contribution in [0.2, 0.25) is 0 Å². The molecule has 0 unspecified atom stereocenters. The van der Waals surface area contributed by atoms with Crippen LogP contribution in [0.25, 0.3) is 0 Å². The number of nitrogens with zero attached hydrogens (tertiary/aromatic N) is 1. The SMILES string of the molecule is CC(C)CONCc1ccccc1N1CCCC1. The summed E-state index contributed by atoms with van der Waals surface area (Å²) in [6.07, 6.45) is 2.62. The molecule has 0 bridgehead atoms. The molecule has 2 rings (SSSR count). The molecule has 1 saturated heterocycles. The molecule has 100 valence electrons. The first kappa shape index (κ1) is 13.4. The monoisotopic (exact) mass is 248 g/mol. The third-order valence-corrected chi connectivity index (χ3v) is 3.22. The average molecular weight is 248 g/mol. The predicted molar refractivity (Wildman–Crippen MR) is 75.5 cm³/mol. The molecular formula is C15H24N2O. The van der Waals surface area contributed by atoms with Crippen LogP contribution in [0.1, 0.15) is 32.3 Å². The zero-order valence-corrected chi connectivity index (χ0v) is 11.5. The van der Waals surface area contributed by atoms with Gasteiger partial charge < -0.3 is 9.74 Å². The van der Waals surface area contributed by atoms with Gasteiger partial charge in [-0.15, -0.1) is 0 Å². The topological polar surface area (TPSA) is 24.5 Å². The van der Waals surface area contributed by atoms with Crippen molar-refractivity contribution in [2.75, 3.05) is 24.6 Å². The van der Waals surface area contributed by atoms with Gasteiger partial charge in [-0.25, -0.2) is 0 Å². The minimum Gasteiger partial charge on any atom is -0.371 e. The van der Waals surface area contributed by atoms with Crippen LogP contribution in [0, 0.1) is 5.92 Å². The van der Waals surface area contributed by atoms with Crippen LogP contribution in [0.4, 0.5) is 5.69 Å². The molecule has 1 aromatic rings. The summed E-state index contributed by atoms with van der Waals surface area (Å²) in [5.74, 6) is 0.561. The van der Waals surface area contributed by atoms with E-state index in [4.69, 9.17) is 4.84 Å². The number of anilines is 1. The molecule has 0 aromatic heterocycles. The lowest BCUT2D eigenvalue weighted by atomic mass is 10.1. The minimum absolute atomic E-state index is 0.561. The van der Waals surface area contributed by atoms with Crippen molar-refractivity contribution in [3.8, 4) is 0 Å². The molecule has 3 heteroatoms. The van der Waals surface area contributed by atoms with E-state index >= 15 is 0 Å². The van der Waals surface area contributed by atoms with Crippen LogP contribution in [-0.2, 0) is 11.4 Å². The van der Waals surface area contributed by atoms with Crippen LogP contribution < -0.4 is 10.4 Å². The number of hydroxylamine groups is 1. The second kappa shape index (κ2) is 6.76. The molecule has 1 fully saturated rings. The lowest BCUT2D eigenvalue weighted by Gasteiger charge is -2.21. The molecular weight excluding hydrogens is 224 g/mol. The first-order chi connectivity index (χ1) is 8.77. The first-order valence-electron chi connectivity index (χ1n) is 6.95. The van der Waals surface area contributed by atoms with Crippen molar-refractivity contribution in [2.24, 2.45) is 5.92 Å². The van der Waals surface area contributed by atoms with Crippen LogP contribution >= 0.6 is 0 Å². The molecule has 1 heterocycles. The molecule has 0 spiro atoms. The summed E-state index contributed by atoms with van der Waals surface area (Å²) in [5.41, 5.74) is 5.75. The van der Waals surface area contributed by atoms with Gasteiger partial charge in [0.05, 0.1) is 6.61 Å². The first-order valence-corrected chi connectivity index (χ1v) is 6.95. The molecule has 0 saturated carbocycles. The zero-order valence-electron chi connectivity index (χ0n) is 11.5. The van der Waals surface area contributed by atoms with Gasteiger partial charge in [0, 0.05) is 25.3 Å². The second-order valence-electron chi connectivity index (χ2n) is 5.35. The van der Waals surface area contributed by atoms with E-state index in [1.807, 2.05) is 0 Å². The van der Waals surface area contributed by atoms with Gasteiger partial charge in [-0.1, -0.05) is 32.0 Å². The van der Waals surface area contributed by atoms with Crippen LogP contribution in [0.15, 0.2) is 24.3 Å². The summed E-state index contributed by atoms with van der Waals surface area (Å²) < 4.78 is 0. The predicted octanol–water partition coefficient (Wildman–Crippen LogP) is 2.96. The van der Waals surface area contributed by atoms with Gasteiger partial charge in [0.15, 0.2) is 0 Å². The number of nitrogens with one attached hydrogen (secondary N) is 1. The Morgan fingerprint density at radius 1 is 1.22 bits per heavy atom. The van der Waals surface area contributed by atoms with E-state index in [2.05, 4.69) is 48.5 Å². The Hall–Kier alpha value is -1.06. The summed E-state index contributed by atoms with van der Waals surface area (Å²) in [4.78, 5) is 7.92. The van der Waals surface area contributed by atoms with Gasteiger partial charge in [0.1, 0.15) is 0 Å². The second-order valence-corrected chi connectivity index (χ2v) is 5.35. The van der Waals surface area contributed by atoms with E-state index in [-0.39, 0.29) is 0 Å². The standard InChI is InChI=1S/C15H24N2O/c1-13(2)12-18-16-11-14-7-3-4-8-15(14)17-9-5-6-10-17/h3-4,7-8,13,16H,5-6,9-12H2,1-2H3. The van der Waals surface area contributed by atoms with Crippen LogP contribution in [0.3, 0.4) is 0 Å². The molecule has 1 aliphatic rings. The van der Waals surface area contributed by atoms with Gasteiger partial charge in [-0.2, -0.15) is 5.48 Å². The largest absolute Gasteiger partial charge is 0.371 e. The maximum atomic E-state index is 5.45. The molecule has 0 atom stereocenters. The van der Waals surface area contributed by atoms with Crippen molar-refractivity contribution in [3.63, 3.8) is 0 Å². The number of rotatable bonds is 6. The maximum Gasteiger partial charge on any atom is 0.0705 e. The molecule has 1 aromatic carbocycles. The lowest BCUT2D eigenvalue weighted by molar-refractivity contribution is 0.0197. The lowest BCUT2D eigenvalue weighted by Crippen LogP contribution is -2.22. The number of hydrogen-bond acceptors (Lipinski definition) is 3. The van der Waals surface area contributed by atoms with Crippen molar-refractivity contribution >= 4 is 5.69 Å². The van der Waals surface area contributed by atoms with Gasteiger partial charge >= 0.3 is 0 Å². The van der Waals surface area contributed by atoms with Crippen molar-refractivity contribution in [1.82, 2.24) is 5.48 Å². The Balaban J connectivity index is 1.90. The zero-order chi connectivity index (χ0) is 12.8. The quantitative estimate of drug-likeness (QED) is 0.619. The summed E-state index contributed by atoms with van der Waals surface area (Å²) in [7, 11) is 0. The highest BCUT2D eigenvalue weighted by Crippen LogP contribution is 2.24. The van der Waals surface area contributed by atoms with Gasteiger partial charge in [0.2, 0.25) is 0 Å². The fourth-order valence-corrected chi connectivity index (χ4v) is 2.28. The summed E-state index contributed by atoms with van der Waals surface area (Å²) in [6, 6.07) is 8.61. The van der Waals surface area contributed by atoms with Gasteiger partial charge in [-0.05, 0) is 30.4 Å². The molecule has 1 N–H and O–H groups in total. The van der Waals surface area contributed by atoms with Crippen molar-refractivity contribution in [2.45, 2.75) is 33.2 Å². The molecule has 18 heavy (non-hydrogen) atoms. The van der Waals surface area contributed by atoms with Gasteiger partial charge in [-0.3, -0.25) is 0 Å². The third-order valence-electron chi connectivity index (χ3n) is 3.22. The Morgan fingerprint density at radius 3 is 2.67 bits per heavy atom. The highest BCUT2D eigenvalue weighted by atomic mass is 16.6. The Bertz CT molecular complexity index is 359. The van der Waals surface area contributed by atoms with Crippen molar-refractivity contribution in [1.29, 1.82) is 0 Å². The summed E-state index contributed by atoms with van der Waals surface area (Å²) >= 11 is 0. The normalized spacial score (nSPS) is 15.6. The van der Waals surface area contributed by atoms with Crippen LogP contribution in [-0.4, -0.2) is 19.7 Å². The van der Waals surface area contributed by atoms with Gasteiger partial charge in [0.25, 0.3) is 0 Å². The molecule has 1 aliphatic heterocycles. The smallest absolute Gasteiger partial charge is 0.0705 e. The number of hydrogen-bond donors (Lipinski definition) is 1. The molecule has 0 aliphatic carbocycles. The molecule has 0 radical (unpaired) electrons. The minimum atomic E-state index is 0.561. The third kappa shape index (κ3) is 3.72. The summed E-state index contributed by atoms with van der Waals surface area (Å²) in [5, 5.41) is 0. The van der Waals surface area contributed by atoms with E-state index in [9.17, 15) is 0 Å². The molecule has 3 nitrogen and oxygen atoms in total. The van der Waals surface area contributed by atoms with E-state index in [0.717, 1.165) is 13.2 Å². The molecule has 0 amide bonds. The maximum absolute atomic E-state index is 5.45. The fourth-order valence-electron chi connectivity index (χ4n) is 2.28. The highest BCUT2D eigenvalue weighted by molar-refractivity contribution is 5.54. The van der Waals surface area contributed by atoms with Crippen LogP contribution in [0.5, 0.6) is 0 Å². The number of benzene rings is 1. The Kier molecular flexibility index (Phi) is 5.02. The van der Waals surface area contributed by atoms with E-state index in [1.165, 1.54) is 37.2 Å². The Morgan fingerprint density at radius 2 is 1.94 bits per heavy atom.